The Hall–Kier alpha value is -4.67. The smallest absolute Gasteiger partial charge is 0.417 e. The van der Waals surface area contributed by atoms with Crippen molar-refractivity contribution in [1.82, 2.24) is 15.0 Å². The van der Waals surface area contributed by atoms with Gasteiger partial charge < -0.3 is 25.9 Å². The summed E-state index contributed by atoms with van der Waals surface area (Å²) in [6, 6.07) is 10.8. The van der Waals surface area contributed by atoms with Crippen LogP contribution >= 0.6 is 0 Å². The van der Waals surface area contributed by atoms with Gasteiger partial charge in [-0.3, -0.25) is 14.6 Å². The van der Waals surface area contributed by atoms with Crippen molar-refractivity contribution in [1.29, 1.82) is 0 Å². The molecule has 4 aromatic rings. The summed E-state index contributed by atoms with van der Waals surface area (Å²) < 4.78 is 5.04. The van der Waals surface area contributed by atoms with Gasteiger partial charge in [0.25, 0.3) is 6.47 Å². The molecule has 0 aliphatic heterocycles. The lowest BCUT2D eigenvalue weighted by Crippen LogP contribution is -2.18. The second-order valence-corrected chi connectivity index (χ2v) is 8.10. The van der Waals surface area contributed by atoms with E-state index in [1.165, 1.54) is 0 Å². The van der Waals surface area contributed by atoms with Crippen LogP contribution in [-0.2, 0) is 4.79 Å². The Labute approximate surface area is 199 Å². The van der Waals surface area contributed by atoms with Crippen LogP contribution in [0, 0.1) is 6.92 Å². The fourth-order valence-electron chi connectivity index (χ4n) is 3.85. The monoisotopic (exact) mass is 476 g/mol. The largest absolute Gasteiger partial charge is 0.483 e. The van der Waals surface area contributed by atoms with Gasteiger partial charge in [-0.2, -0.15) is 4.98 Å². The average Bonchev–Trinajstić information content (AvgIpc) is 3.15. The number of carboxylic acid groups (broad SMARTS) is 1. The van der Waals surface area contributed by atoms with E-state index in [9.17, 15) is 9.59 Å². The summed E-state index contributed by atoms with van der Waals surface area (Å²) in [5.74, 6) is 0.501. The molecule has 35 heavy (non-hydrogen) atoms. The summed E-state index contributed by atoms with van der Waals surface area (Å²) in [6.45, 7) is 1.65. The van der Waals surface area contributed by atoms with Crippen LogP contribution in [0.2, 0.25) is 0 Å². The minimum Gasteiger partial charge on any atom is -0.483 e. The van der Waals surface area contributed by atoms with Gasteiger partial charge in [0.2, 0.25) is 11.9 Å². The van der Waals surface area contributed by atoms with Crippen molar-refractivity contribution >= 4 is 46.6 Å². The van der Waals surface area contributed by atoms with Crippen molar-refractivity contribution in [3.63, 3.8) is 0 Å². The maximum atomic E-state index is 11.8. The molecule has 1 amide bonds. The predicted octanol–water partition coefficient (Wildman–Crippen LogP) is 3.77. The van der Waals surface area contributed by atoms with Crippen LogP contribution in [0.5, 0.6) is 0 Å². The van der Waals surface area contributed by atoms with Crippen LogP contribution in [-0.4, -0.2) is 32.4 Å². The van der Waals surface area contributed by atoms with E-state index in [-0.39, 0.29) is 6.47 Å². The number of primary amides is 1. The first kappa shape index (κ1) is 23.5. The van der Waals surface area contributed by atoms with Crippen LogP contribution in [0.25, 0.3) is 11.1 Å². The number of fused-ring (bicyclic) bond motifs is 1. The minimum atomic E-state index is -0.495. The van der Waals surface area contributed by atoms with Gasteiger partial charge in [0.05, 0.1) is 5.52 Å². The van der Waals surface area contributed by atoms with Gasteiger partial charge in [0.1, 0.15) is 5.82 Å². The highest BCUT2D eigenvalue weighted by Crippen LogP contribution is 2.39. The molecule has 5 rings (SSSR count). The molecule has 2 aromatic heterocycles. The maximum absolute atomic E-state index is 11.8. The van der Waals surface area contributed by atoms with Crippen LogP contribution in [0.4, 0.5) is 23.1 Å². The number of aromatic amines is 1. The lowest BCUT2D eigenvalue weighted by Gasteiger charge is -2.27. The van der Waals surface area contributed by atoms with E-state index in [0.717, 1.165) is 41.8 Å². The number of nitrogens with zero attached hydrogens (tertiary/aromatic N) is 2. The predicted molar refractivity (Wildman–Crippen MR) is 130 cm³/mol. The Balaban J connectivity index is 0.000000917. The van der Waals surface area contributed by atoms with Gasteiger partial charge in [-0.25, -0.2) is 9.78 Å². The van der Waals surface area contributed by atoms with Crippen LogP contribution in [0.3, 0.4) is 0 Å². The lowest BCUT2D eigenvalue weighted by molar-refractivity contribution is -0.122. The topological polar surface area (TPSA) is 176 Å². The standard InChI is InChI=1S/C23H22N6O3.CH2O2/c1-12-11-25-22(27-14-5-7-16(20(24)30)17(9-14)13-3-2-4-13)29-21(12)26-15-6-8-19-18(10-15)28-23(31)32-19;2-1-3/h5-11,13H,2-4H2,1H3,(H2,24,30)(H,28,31)(H2,25,26,27,29);1H,(H,2,3). The highest BCUT2D eigenvalue weighted by Gasteiger charge is 2.24. The van der Waals surface area contributed by atoms with E-state index in [0.29, 0.717) is 34.3 Å². The molecular formula is C24H24N6O5. The van der Waals surface area contributed by atoms with Gasteiger partial charge >= 0.3 is 5.76 Å². The SMILES string of the molecule is Cc1cnc(Nc2ccc(C(N)=O)c(C3CCC3)c2)nc1Nc1ccc2oc(=O)[nH]c2c1.O=CO. The van der Waals surface area contributed by atoms with Crippen molar-refractivity contribution in [2.45, 2.75) is 32.1 Å². The number of amides is 1. The molecule has 1 aliphatic carbocycles. The fourth-order valence-corrected chi connectivity index (χ4v) is 3.85. The number of hydrogen-bond acceptors (Lipinski definition) is 8. The van der Waals surface area contributed by atoms with Gasteiger partial charge in [-0.15, -0.1) is 0 Å². The van der Waals surface area contributed by atoms with Crippen molar-refractivity contribution in [2.24, 2.45) is 5.73 Å². The van der Waals surface area contributed by atoms with Crippen molar-refractivity contribution < 1.29 is 19.1 Å². The molecule has 180 valence electrons. The molecular weight excluding hydrogens is 452 g/mol. The third-order valence-corrected chi connectivity index (χ3v) is 5.77. The van der Waals surface area contributed by atoms with E-state index in [4.69, 9.17) is 20.1 Å². The van der Waals surface area contributed by atoms with E-state index < -0.39 is 11.7 Å². The Morgan fingerprint density at radius 3 is 2.60 bits per heavy atom. The van der Waals surface area contributed by atoms with E-state index in [2.05, 4.69) is 25.6 Å². The van der Waals surface area contributed by atoms with Crippen LogP contribution < -0.4 is 22.1 Å². The summed E-state index contributed by atoms with van der Waals surface area (Å²) in [5, 5.41) is 13.4. The summed E-state index contributed by atoms with van der Waals surface area (Å²) in [6.07, 6.45) is 5.01. The molecule has 11 heteroatoms. The number of aryl methyl sites for hydroxylation is 1. The second kappa shape index (κ2) is 10.1. The quantitative estimate of drug-likeness (QED) is 0.259. The minimum absolute atomic E-state index is 0.250. The molecule has 0 spiro atoms. The number of aromatic nitrogens is 3. The number of oxazole rings is 1. The Bertz CT molecular complexity index is 1440. The van der Waals surface area contributed by atoms with Gasteiger partial charge in [0, 0.05) is 28.7 Å². The molecule has 0 radical (unpaired) electrons. The number of nitrogens with two attached hydrogens (primary N) is 1. The molecule has 1 aliphatic rings. The zero-order valence-electron chi connectivity index (χ0n) is 18.9. The zero-order valence-corrected chi connectivity index (χ0v) is 18.9. The van der Waals surface area contributed by atoms with E-state index in [1.54, 1.807) is 30.5 Å². The average molecular weight is 476 g/mol. The second-order valence-electron chi connectivity index (χ2n) is 8.10. The summed E-state index contributed by atoms with van der Waals surface area (Å²) in [7, 11) is 0. The summed E-state index contributed by atoms with van der Waals surface area (Å²) >= 11 is 0. The number of anilines is 4. The highest BCUT2D eigenvalue weighted by atomic mass is 16.4. The Morgan fingerprint density at radius 1 is 1.20 bits per heavy atom. The lowest BCUT2D eigenvalue weighted by atomic mass is 9.78. The maximum Gasteiger partial charge on any atom is 0.417 e. The number of carbonyl (C=O) groups excluding carboxylic acids is 1. The number of H-pyrrole nitrogens is 1. The van der Waals surface area contributed by atoms with Crippen molar-refractivity contribution in [3.05, 3.63) is 69.8 Å². The normalized spacial score (nSPS) is 12.8. The van der Waals surface area contributed by atoms with Crippen LogP contribution in [0.15, 0.2) is 51.8 Å². The fraction of sp³-hybridized carbons (Fsp3) is 0.208. The summed E-state index contributed by atoms with van der Waals surface area (Å²) in [5.41, 5.74) is 10.6. The van der Waals surface area contributed by atoms with Gasteiger partial charge in [-0.1, -0.05) is 6.42 Å². The molecule has 6 N–H and O–H groups in total. The molecule has 1 fully saturated rings. The molecule has 2 aromatic carbocycles. The van der Waals surface area contributed by atoms with Crippen molar-refractivity contribution in [2.75, 3.05) is 10.6 Å². The summed E-state index contributed by atoms with van der Waals surface area (Å²) in [4.78, 5) is 43.2. The van der Waals surface area contributed by atoms with Gasteiger partial charge in [0.15, 0.2) is 5.58 Å². The molecule has 0 atom stereocenters. The third kappa shape index (κ3) is 5.29. The number of nitrogens with one attached hydrogen (secondary N) is 3. The molecule has 2 heterocycles. The molecule has 1 saturated carbocycles. The number of benzene rings is 2. The van der Waals surface area contributed by atoms with Gasteiger partial charge in [-0.05, 0) is 67.6 Å². The van der Waals surface area contributed by atoms with E-state index in [1.807, 2.05) is 19.1 Å². The number of rotatable bonds is 6. The zero-order chi connectivity index (χ0) is 24.9. The number of hydrogen-bond donors (Lipinski definition) is 5. The first-order chi connectivity index (χ1) is 16.9. The molecule has 0 saturated heterocycles. The Kier molecular flexibility index (Phi) is 6.76. The third-order valence-electron chi connectivity index (χ3n) is 5.77. The highest BCUT2D eigenvalue weighted by molar-refractivity contribution is 5.95. The molecule has 0 unspecified atom stereocenters. The first-order valence-corrected chi connectivity index (χ1v) is 10.9. The Morgan fingerprint density at radius 2 is 1.91 bits per heavy atom. The molecule has 11 nitrogen and oxygen atoms in total. The molecule has 0 bridgehead atoms. The first-order valence-electron chi connectivity index (χ1n) is 10.9. The number of carbonyl (C=O) groups is 2. The van der Waals surface area contributed by atoms with E-state index >= 15 is 0 Å². The van der Waals surface area contributed by atoms with Crippen LogP contribution in [0.1, 0.15) is 46.7 Å². The van der Waals surface area contributed by atoms with Crippen molar-refractivity contribution in [3.8, 4) is 0 Å².